The van der Waals surface area contributed by atoms with Crippen molar-refractivity contribution in [2.75, 3.05) is 11.1 Å². The van der Waals surface area contributed by atoms with Crippen molar-refractivity contribution >= 4 is 23.4 Å². The number of aromatic nitrogens is 2. The molecular weight excluding hydrogens is 374 g/mol. The van der Waals surface area contributed by atoms with Crippen LogP contribution in [0.3, 0.4) is 0 Å². The van der Waals surface area contributed by atoms with Gasteiger partial charge in [-0.3, -0.25) is 9.59 Å². The molecular formula is C21H23N3O3S. The van der Waals surface area contributed by atoms with Gasteiger partial charge in [0.2, 0.25) is 0 Å². The number of fused-ring (bicyclic) bond motifs is 1. The number of aromatic amines is 1. The summed E-state index contributed by atoms with van der Waals surface area (Å²) in [5.74, 6) is 1.01. The van der Waals surface area contributed by atoms with Gasteiger partial charge in [-0.25, -0.2) is 4.98 Å². The van der Waals surface area contributed by atoms with Crippen molar-refractivity contribution in [3.05, 3.63) is 57.0 Å². The molecule has 0 spiro atoms. The van der Waals surface area contributed by atoms with Crippen molar-refractivity contribution in [1.82, 2.24) is 9.97 Å². The summed E-state index contributed by atoms with van der Waals surface area (Å²) in [5.41, 5.74) is 2.35. The molecule has 1 atom stereocenters. The third kappa shape index (κ3) is 3.24. The van der Waals surface area contributed by atoms with Gasteiger partial charge < -0.3 is 15.4 Å². The van der Waals surface area contributed by atoms with Crippen molar-refractivity contribution in [2.45, 2.75) is 44.7 Å². The molecule has 3 N–H and O–H groups in total. The van der Waals surface area contributed by atoms with Crippen LogP contribution in [-0.2, 0) is 4.79 Å². The maximum Gasteiger partial charge on any atom is 0.257 e. The Morgan fingerprint density at radius 1 is 1.21 bits per heavy atom. The monoisotopic (exact) mass is 397 g/mol. The summed E-state index contributed by atoms with van der Waals surface area (Å²) in [7, 11) is 0. The van der Waals surface area contributed by atoms with E-state index in [2.05, 4.69) is 29.1 Å². The number of benzene rings is 1. The number of phenols is 1. The van der Waals surface area contributed by atoms with Crippen LogP contribution >= 0.6 is 11.8 Å². The molecule has 1 aromatic carbocycles. The lowest BCUT2D eigenvalue weighted by Gasteiger charge is -2.38. The third-order valence-electron chi connectivity index (χ3n) is 5.21. The van der Waals surface area contributed by atoms with E-state index < -0.39 is 5.92 Å². The van der Waals surface area contributed by atoms with Crippen molar-refractivity contribution in [3.63, 3.8) is 0 Å². The van der Waals surface area contributed by atoms with Crippen molar-refractivity contribution in [3.8, 4) is 5.75 Å². The average Bonchev–Trinajstić information content (AvgIpc) is 2.60. The summed E-state index contributed by atoms with van der Waals surface area (Å²) in [6, 6.07) is 6.69. The number of hydrogen-bond donors (Lipinski definition) is 3. The van der Waals surface area contributed by atoms with Gasteiger partial charge in [-0.15, -0.1) is 0 Å². The molecule has 0 saturated carbocycles. The number of hydrogen-bond acceptors (Lipinski definition) is 6. The molecule has 1 aliphatic carbocycles. The Bertz CT molecular complexity index is 1040. The minimum Gasteiger partial charge on any atom is -0.508 e. The number of rotatable bonds is 3. The van der Waals surface area contributed by atoms with Crippen molar-refractivity contribution in [1.29, 1.82) is 0 Å². The molecule has 2 aliphatic rings. The van der Waals surface area contributed by atoms with E-state index in [0.717, 1.165) is 17.0 Å². The van der Waals surface area contributed by atoms with Crippen LogP contribution in [0.1, 0.15) is 50.7 Å². The van der Waals surface area contributed by atoms with Crippen LogP contribution < -0.4 is 10.9 Å². The van der Waals surface area contributed by atoms with E-state index in [1.807, 2.05) is 6.92 Å². The Balaban J connectivity index is 1.95. The van der Waals surface area contributed by atoms with Gasteiger partial charge in [0.15, 0.2) is 10.9 Å². The minimum atomic E-state index is -0.493. The fourth-order valence-electron chi connectivity index (χ4n) is 4.10. The number of H-pyrrole nitrogens is 1. The number of carbonyl (C=O) groups is 1. The molecule has 0 radical (unpaired) electrons. The van der Waals surface area contributed by atoms with E-state index in [4.69, 9.17) is 0 Å². The van der Waals surface area contributed by atoms with Gasteiger partial charge in [0.25, 0.3) is 5.56 Å². The quantitative estimate of drug-likeness (QED) is 0.539. The highest BCUT2D eigenvalue weighted by Crippen LogP contribution is 2.47. The summed E-state index contributed by atoms with van der Waals surface area (Å²) >= 11 is 1.47. The first-order valence-electron chi connectivity index (χ1n) is 9.38. The van der Waals surface area contributed by atoms with Crippen LogP contribution in [0.2, 0.25) is 0 Å². The smallest absolute Gasteiger partial charge is 0.257 e. The molecule has 2 aromatic rings. The largest absolute Gasteiger partial charge is 0.508 e. The maximum atomic E-state index is 13.1. The van der Waals surface area contributed by atoms with E-state index in [9.17, 15) is 14.7 Å². The zero-order chi connectivity index (χ0) is 20.1. The number of Topliss-reactive ketones (excluding diaryl/α,β-unsaturated/α-hetero) is 1. The minimum absolute atomic E-state index is 0.0499. The number of nitrogens with one attached hydrogen (secondary N) is 2. The first-order valence-corrected chi connectivity index (χ1v) is 10.4. The van der Waals surface area contributed by atoms with Crippen LogP contribution in [0.15, 0.2) is 45.5 Å². The van der Waals surface area contributed by atoms with Crippen LogP contribution in [-0.4, -0.2) is 26.6 Å². The highest BCUT2D eigenvalue weighted by Gasteiger charge is 2.42. The molecule has 0 saturated heterocycles. The van der Waals surface area contributed by atoms with Crippen molar-refractivity contribution < 1.29 is 9.90 Å². The zero-order valence-electron chi connectivity index (χ0n) is 16.1. The molecule has 4 rings (SSSR count). The first kappa shape index (κ1) is 18.8. The maximum absolute atomic E-state index is 13.1. The number of allylic oxidation sites excluding steroid dienone is 2. The summed E-state index contributed by atoms with van der Waals surface area (Å²) < 4.78 is 0. The Labute approximate surface area is 167 Å². The Hall–Kier alpha value is -2.54. The summed E-state index contributed by atoms with van der Waals surface area (Å²) in [6.07, 6.45) is 1.15. The molecule has 1 aromatic heterocycles. The van der Waals surface area contributed by atoms with E-state index in [1.165, 1.54) is 11.8 Å². The highest BCUT2D eigenvalue weighted by molar-refractivity contribution is 7.99. The molecule has 6 nitrogen and oxygen atoms in total. The molecule has 0 bridgehead atoms. The standard InChI is InChI=1S/C21H23N3O3S/c1-4-28-20-23-18-17(19(27)24-20)15(11-5-7-12(25)8-6-11)16-13(22-18)9-21(2,3)10-14(16)26/h5-8,15,25H,4,9-10H2,1-3H3,(H2,22,23,24,27). The van der Waals surface area contributed by atoms with Crippen LogP contribution in [0.4, 0.5) is 5.82 Å². The lowest BCUT2D eigenvalue weighted by atomic mass is 9.69. The number of ketones is 1. The molecule has 2 heterocycles. The van der Waals surface area contributed by atoms with E-state index in [-0.39, 0.29) is 22.5 Å². The van der Waals surface area contributed by atoms with Gasteiger partial charge >= 0.3 is 0 Å². The first-order chi connectivity index (χ1) is 13.3. The lowest BCUT2D eigenvalue weighted by molar-refractivity contribution is -0.118. The number of phenolic OH excluding ortho intramolecular Hbond substituents is 1. The summed E-state index contributed by atoms with van der Waals surface area (Å²) in [6.45, 7) is 6.15. The lowest BCUT2D eigenvalue weighted by Crippen LogP contribution is -2.37. The zero-order valence-corrected chi connectivity index (χ0v) is 16.9. The molecule has 28 heavy (non-hydrogen) atoms. The number of carbonyl (C=O) groups excluding carboxylic acids is 1. The predicted molar refractivity (Wildman–Crippen MR) is 110 cm³/mol. The fourth-order valence-corrected chi connectivity index (χ4v) is 4.69. The average molecular weight is 398 g/mol. The highest BCUT2D eigenvalue weighted by atomic mass is 32.2. The second-order valence-electron chi connectivity index (χ2n) is 8.05. The van der Waals surface area contributed by atoms with Crippen LogP contribution in [0.5, 0.6) is 5.75 Å². The predicted octanol–water partition coefficient (Wildman–Crippen LogP) is 3.79. The fraction of sp³-hybridized carbons (Fsp3) is 0.381. The number of anilines is 1. The Morgan fingerprint density at radius 3 is 2.61 bits per heavy atom. The molecule has 7 heteroatoms. The van der Waals surface area contributed by atoms with Crippen LogP contribution in [0.25, 0.3) is 0 Å². The van der Waals surface area contributed by atoms with Crippen LogP contribution in [0, 0.1) is 5.41 Å². The number of nitrogens with zero attached hydrogens (tertiary/aromatic N) is 1. The van der Waals surface area contributed by atoms with Gasteiger partial charge in [0.05, 0.1) is 5.56 Å². The van der Waals surface area contributed by atoms with E-state index in [0.29, 0.717) is 35.0 Å². The van der Waals surface area contributed by atoms with Gasteiger partial charge in [-0.05, 0) is 35.3 Å². The molecule has 0 fully saturated rings. The normalized spacial score (nSPS) is 20.4. The topological polar surface area (TPSA) is 95.1 Å². The molecule has 146 valence electrons. The number of thioether (sulfide) groups is 1. The SMILES string of the molecule is CCSc1nc2c(c(=O)[nH]1)C(c1ccc(O)cc1)C1=C(CC(C)(C)CC1=O)N2. The number of aromatic hydroxyl groups is 1. The van der Waals surface area contributed by atoms with Gasteiger partial charge in [-0.2, -0.15) is 0 Å². The van der Waals surface area contributed by atoms with Crippen molar-refractivity contribution in [2.24, 2.45) is 5.41 Å². The molecule has 1 unspecified atom stereocenters. The molecule has 0 amide bonds. The second kappa shape index (κ2) is 6.81. The third-order valence-corrected chi connectivity index (χ3v) is 5.96. The van der Waals surface area contributed by atoms with Gasteiger partial charge in [0.1, 0.15) is 11.6 Å². The summed E-state index contributed by atoms with van der Waals surface area (Å²) in [5, 5.41) is 13.5. The van der Waals surface area contributed by atoms with E-state index in [1.54, 1.807) is 24.3 Å². The van der Waals surface area contributed by atoms with E-state index >= 15 is 0 Å². The van der Waals surface area contributed by atoms with Gasteiger partial charge in [-0.1, -0.05) is 44.7 Å². The van der Waals surface area contributed by atoms with Gasteiger partial charge in [0, 0.05) is 23.6 Å². The second-order valence-corrected chi connectivity index (χ2v) is 9.30. The Kier molecular flexibility index (Phi) is 4.57. The molecule has 1 aliphatic heterocycles. The summed E-state index contributed by atoms with van der Waals surface area (Å²) in [4.78, 5) is 33.6. The Morgan fingerprint density at radius 2 is 1.93 bits per heavy atom.